The number of alkyl halides is 1. The van der Waals surface area contributed by atoms with Crippen molar-refractivity contribution in [2.45, 2.75) is 4.90 Å². The van der Waals surface area contributed by atoms with E-state index in [2.05, 4.69) is 15.9 Å². The Labute approximate surface area is 95.0 Å². The Bertz CT molecular complexity index is 327. The second-order valence-electron chi connectivity index (χ2n) is 2.40. The predicted molar refractivity (Wildman–Crippen MR) is 61.4 cm³/mol. The number of thioether (sulfide) groups is 1. The minimum absolute atomic E-state index is 0.0619. The zero-order valence-electron chi connectivity index (χ0n) is 7.01. The topological polar surface area (TPSA) is 17.1 Å². The normalized spacial score (nSPS) is 10.1. The zero-order chi connectivity index (χ0) is 9.84. The van der Waals surface area contributed by atoms with Gasteiger partial charge in [-0.15, -0.1) is 11.8 Å². The second-order valence-corrected chi connectivity index (χ2v) is 4.25. The number of benzene rings is 1. The molecule has 0 heterocycles. The van der Waals surface area contributed by atoms with E-state index in [0.717, 1.165) is 4.90 Å². The number of ketones is 1. The lowest BCUT2D eigenvalue weighted by molar-refractivity contribution is 0.102. The molecule has 0 aliphatic heterocycles. The van der Waals surface area contributed by atoms with Gasteiger partial charge in [-0.3, -0.25) is 4.79 Å². The molecule has 1 rings (SSSR count). The van der Waals surface area contributed by atoms with Crippen LogP contribution in [0.1, 0.15) is 10.4 Å². The molecule has 0 spiro atoms. The maximum Gasteiger partial charge on any atom is 0.174 e. The number of rotatable bonds is 3. The lowest BCUT2D eigenvalue weighted by Gasteiger charge is -2.04. The van der Waals surface area contributed by atoms with Crippen molar-refractivity contribution in [2.24, 2.45) is 0 Å². The molecule has 1 nitrogen and oxygen atoms in total. The Hall–Kier alpha value is 0.01000. The first-order valence-electron chi connectivity index (χ1n) is 3.61. The molecule has 13 heavy (non-hydrogen) atoms. The fraction of sp³-hybridized carbons (Fsp3) is 0.222. The van der Waals surface area contributed by atoms with Gasteiger partial charge in [-0.25, -0.2) is 0 Å². The van der Waals surface area contributed by atoms with Crippen LogP contribution in [0.2, 0.25) is 5.02 Å². The molecule has 4 heteroatoms. The standard InChI is InChI=1S/C9H8BrClOS/c1-13-9-3-2-6(11)4-7(9)8(12)5-10/h2-4H,5H2,1H3. The van der Waals surface area contributed by atoms with Crippen LogP contribution in [0.3, 0.4) is 0 Å². The fourth-order valence-electron chi connectivity index (χ4n) is 0.970. The summed E-state index contributed by atoms with van der Waals surface area (Å²) in [7, 11) is 0. The molecule has 0 aliphatic carbocycles. The molecule has 0 radical (unpaired) electrons. The van der Waals surface area contributed by atoms with E-state index < -0.39 is 0 Å². The first-order valence-corrected chi connectivity index (χ1v) is 6.34. The van der Waals surface area contributed by atoms with E-state index in [9.17, 15) is 4.79 Å². The second kappa shape index (κ2) is 5.03. The third-order valence-electron chi connectivity index (χ3n) is 1.58. The van der Waals surface area contributed by atoms with Gasteiger partial charge < -0.3 is 0 Å². The Morgan fingerprint density at radius 2 is 2.31 bits per heavy atom. The van der Waals surface area contributed by atoms with Gasteiger partial charge >= 0.3 is 0 Å². The first kappa shape index (κ1) is 11.1. The van der Waals surface area contributed by atoms with E-state index in [1.54, 1.807) is 23.9 Å². The van der Waals surface area contributed by atoms with Crippen molar-refractivity contribution in [3.05, 3.63) is 28.8 Å². The summed E-state index contributed by atoms with van der Waals surface area (Å²) in [5.74, 6) is 0.0619. The fourth-order valence-corrected chi connectivity index (χ4v) is 2.04. The maximum atomic E-state index is 11.4. The van der Waals surface area contributed by atoms with Gasteiger partial charge in [0.2, 0.25) is 0 Å². The van der Waals surface area contributed by atoms with Crippen molar-refractivity contribution in [1.29, 1.82) is 0 Å². The van der Waals surface area contributed by atoms with Gasteiger partial charge in [0.15, 0.2) is 5.78 Å². The highest BCUT2D eigenvalue weighted by atomic mass is 79.9. The van der Waals surface area contributed by atoms with Gasteiger partial charge in [0.05, 0.1) is 5.33 Å². The number of Topliss-reactive ketones (excluding diaryl/α,β-unsaturated/α-hetero) is 1. The third-order valence-corrected chi connectivity index (χ3v) is 3.12. The van der Waals surface area contributed by atoms with E-state index in [1.807, 2.05) is 12.3 Å². The molecule has 0 saturated carbocycles. The molecule has 1 aromatic carbocycles. The SMILES string of the molecule is CSc1ccc(Cl)cc1C(=O)CBr. The van der Waals surface area contributed by atoms with E-state index in [1.165, 1.54) is 0 Å². The summed E-state index contributed by atoms with van der Waals surface area (Å²) in [6.45, 7) is 0. The lowest BCUT2D eigenvalue weighted by Crippen LogP contribution is -2.01. The molecule has 0 aliphatic rings. The van der Waals surface area contributed by atoms with Crippen molar-refractivity contribution < 1.29 is 4.79 Å². The van der Waals surface area contributed by atoms with Crippen molar-refractivity contribution in [3.8, 4) is 0 Å². The van der Waals surface area contributed by atoms with E-state index in [0.29, 0.717) is 15.9 Å². The molecule has 70 valence electrons. The van der Waals surface area contributed by atoms with Crippen LogP contribution in [0.5, 0.6) is 0 Å². The smallest absolute Gasteiger partial charge is 0.174 e. The number of hydrogen-bond donors (Lipinski definition) is 0. The largest absolute Gasteiger partial charge is 0.293 e. The maximum absolute atomic E-state index is 11.4. The van der Waals surface area contributed by atoms with Crippen LogP contribution in [0.25, 0.3) is 0 Å². The number of carbonyl (C=O) groups is 1. The van der Waals surface area contributed by atoms with Crippen LogP contribution >= 0.6 is 39.3 Å². The highest BCUT2D eigenvalue weighted by molar-refractivity contribution is 9.09. The van der Waals surface area contributed by atoms with Crippen molar-refractivity contribution in [2.75, 3.05) is 11.6 Å². The lowest BCUT2D eigenvalue weighted by atomic mass is 10.1. The molecule has 0 unspecified atom stereocenters. The average molecular weight is 280 g/mol. The third kappa shape index (κ3) is 2.73. The van der Waals surface area contributed by atoms with E-state index in [4.69, 9.17) is 11.6 Å². The van der Waals surface area contributed by atoms with Crippen LogP contribution in [0.4, 0.5) is 0 Å². The predicted octanol–water partition coefficient (Wildman–Crippen LogP) is 3.64. The summed E-state index contributed by atoms with van der Waals surface area (Å²) < 4.78 is 0. The number of hydrogen-bond acceptors (Lipinski definition) is 2. The molecule has 0 aromatic heterocycles. The Morgan fingerprint density at radius 3 is 2.85 bits per heavy atom. The molecule has 1 aromatic rings. The van der Waals surface area contributed by atoms with Crippen LogP contribution in [0, 0.1) is 0 Å². The van der Waals surface area contributed by atoms with Crippen LogP contribution in [-0.4, -0.2) is 17.4 Å². The summed E-state index contributed by atoms with van der Waals surface area (Å²) in [5, 5.41) is 0.933. The summed E-state index contributed by atoms with van der Waals surface area (Å²) in [6, 6.07) is 5.36. The van der Waals surface area contributed by atoms with Gasteiger partial charge in [-0.05, 0) is 24.5 Å². The molecule has 0 N–H and O–H groups in total. The average Bonchev–Trinajstić information content (AvgIpc) is 2.16. The highest BCUT2D eigenvalue weighted by Crippen LogP contribution is 2.24. The summed E-state index contributed by atoms with van der Waals surface area (Å²) in [4.78, 5) is 12.4. The van der Waals surface area contributed by atoms with E-state index >= 15 is 0 Å². The minimum atomic E-state index is 0.0619. The zero-order valence-corrected chi connectivity index (χ0v) is 10.2. The molecule has 0 fully saturated rings. The van der Waals surface area contributed by atoms with Crippen LogP contribution < -0.4 is 0 Å². The van der Waals surface area contributed by atoms with Gasteiger partial charge in [0, 0.05) is 15.5 Å². The highest BCUT2D eigenvalue weighted by Gasteiger charge is 2.09. The van der Waals surface area contributed by atoms with E-state index in [-0.39, 0.29) is 5.78 Å². The first-order chi connectivity index (χ1) is 6.19. The van der Waals surface area contributed by atoms with Crippen molar-refractivity contribution >= 4 is 45.1 Å². The van der Waals surface area contributed by atoms with Crippen LogP contribution in [0.15, 0.2) is 23.1 Å². The molecule has 0 bridgehead atoms. The molecular weight excluding hydrogens is 272 g/mol. The Kier molecular flexibility index (Phi) is 4.29. The molecule has 0 atom stereocenters. The monoisotopic (exact) mass is 278 g/mol. The van der Waals surface area contributed by atoms with Crippen molar-refractivity contribution in [3.63, 3.8) is 0 Å². The summed E-state index contributed by atoms with van der Waals surface area (Å²) in [5.41, 5.74) is 0.692. The summed E-state index contributed by atoms with van der Waals surface area (Å²) in [6.07, 6.45) is 1.94. The molecule has 0 amide bonds. The number of carbonyl (C=O) groups excluding carboxylic acids is 1. The Morgan fingerprint density at radius 1 is 1.62 bits per heavy atom. The molecule has 0 saturated heterocycles. The minimum Gasteiger partial charge on any atom is -0.293 e. The van der Waals surface area contributed by atoms with Gasteiger partial charge in [-0.1, -0.05) is 27.5 Å². The van der Waals surface area contributed by atoms with Gasteiger partial charge in [0.1, 0.15) is 0 Å². The summed E-state index contributed by atoms with van der Waals surface area (Å²) >= 11 is 10.5. The van der Waals surface area contributed by atoms with Gasteiger partial charge in [0.25, 0.3) is 0 Å². The van der Waals surface area contributed by atoms with Gasteiger partial charge in [-0.2, -0.15) is 0 Å². The molecular formula is C9H8BrClOS. The van der Waals surface area contributed by atoms with Crippen LogP contribution in [-0.2, 0) is 0 Å². The quantitative estimate of drug-likeness (QED) is 0.477. The Balaban J connectivity index is 3.15. The van der Waals surface area contributed by atoms with Crippen molar-refractivity contribution in [1.82, 2.24) is 0 Å². The number of halogens is 2.